The van der Waals surface area contributed by atoms with Crippen molar-refractivity contribution in [2.24, 2.45) is 5.73 Å². The molecule has 0 bridgehead atoms. The van der Waals surface area contributed by atoms with E-state index < -0.39 is 17.3 Å². The average molecular weight is 159 g/mol. The summed E-state index contributed by atoms with van der Waals surface area (Å²) >= 11 is 0. The molecular weight excluding hydrogens is 146 g/mol. The van der Waals surface area contributed by atoms with Gasteiger partial charge in [-0.05, 0) is 20.8 Å². The Kier molecular flexibility index (Phi) is 1.69. The van der Waals surface area contributed by atoms with Gasteiger partial charge in [0, 0.05) is 0 Å². The molecule has 0 aliphatic carbocycles. The molecule has 0 aromatic rings. The Morgan fingerprint density at radius 3 is 2.18 bits per heavy atom. The van der Waals surface area contributed by atoms with Crippen molar-refractivity contribution < 1.29 is 14.3 Å². The Labute approximate surface area is 65.7 Å². The standard InChI is InChI=1S/C7H13NO3/c1-6(2)10-4-7(3,11-6)5(8)9/h4H2,1-3H3,(H2,8,9). The number of carbonyl (C=O) groups excluding carboxylic acids is 1. The zero-order chi connectivity index (χ0) is 8.70. The van der Waals surface area contributed by atoms with E-state index in [1.165, 1.54) is 0 Å². The molecule has 1 unspecified atom stereocenters. The van der Waals surface area contributed by atoms with Crippen molar-refractivity contribution in [2.45, 2.75) is 32.2 Å². The van der Waals surface area contributed by atoms with Crippen LogP contribution in [0.25, 0.3) is 0 Å². The van der Waals surface area contributed by atoms with Crippen LogP contribution in [0.5, 0.6) is 0 Å². The maximum Gasteiger partial charge on any atom is 0.251 e. The molecule has 1 amide bonds. The fourth-order valence-corrected chi connectivity index (χ4v) is 1.03. The minimum absolute atomic E-state index is 0.231. The molecule has 1 atom stereocenters. The van der Waals surface area contributed by atoms with Gasteiger partial charge >= 0.3 is 0 Å². The van der Waals surface area contributed by atoms with Crippen molar-refractivity contribution in [2.75, 3.05) is 6.61 Å². The second-order valence-corrected chi connectivity index (χ2v) is 3.39. The highest BCUT2D eigenvalue weighted by Gasteiger charge is 2.46. The number of amides is 1. The summed E-state index contributed by atoms with van der Waals surface area (Å²) in [5, 5.41) is 0. The highest BCUT2D eigenvalue weighted by Crippen LogP contribution is 2.29. The first-order chi connectivity index (χ1) is 4.86. The van der Waals surface area contributed by atoms with Gasteiger partial charge in [0.2, 0.25) is 0 Å². The van der Waals surface area contributed by atoms with Gasteiger partial charge in [-0.25, -0.2) is 0 Å². The van der Waals surface area contributed by atoms with E-state index in [0.717, 1.165) is 0 Å². The summed E-state index contributed by atoms with van der Waals surface area (Å²) in [6, 6.07) is 0. The predicted octanol–water partition coefficient (Wildman–Crippen LogP) is 0.0133. The first-order valence-electron chi connectivity index (χ1n) is 3.50. The summed E-state index contributed by atoms with van der Waals surface area (Å²) in [7, 11) is 0. The summed E-state index contributed by atoms with van der Waals surface area (Å²) in [4.78, 5) is 10.8. The molecule has 1 saturated heterocycles. The molecule has 4 heteroatoms. The van der Waals surface area contributed by atoms with Gasteiger partial charge in [-0.2, -0.15) is 0 Å². The molecule has 64 valence electrons. The molecule has 1 aliphatic rings. The predicted molar refractivity (Wildman–Crippen MR) is 38.7 cm³/mol. The Bertz CT molecular complexity index is 190. The Hall–Kier alpha value is -0.610. The van der Waals surface area contributed by atoms with Crippen molar-refractivity contribution in [1.82, 2.24) is 0 Å². The van der Waals surface area contributed by atoms with Gasteiger partial charge in [-0.15, -0.1) is 0 Å². The smallest absolute Gasteiger partial charge is 0.251 e. The second-order valence-electron chi connectivity index (χ2n) is 3.39. The lowest BCUT2D eigenvalue weighted by molar-refractivity contribution is -0.168. The van der Waals surface area contributed by atoms with Crippen LogP contribution in [0.4, 0.5) is 0 Å². The molecule has 11 heavy (non-hydrogen) atoms. The molecule has 0 radical (unpaired) electrons. The quantitative estimate of drug-likeness (QED) is 0.586. The fraction of sp³-hybridized carbons (Fsp3) is 0.857. The second kappa shape index (κ2) is 2.19. The molecule has 0 aromatic heterocycles. The van der Waals surface area contributed by atoms with Crippen molar-refractivity contribution in [3.05, 3.63) is 0 Å². The SMILES string of the molecule is CC1(C)OCC(C)(C(N)=O)O1. The lowest BCUT2D eigenvalue weighted by Crippen LogP contribution is -2.44. The Balaban J connectivity index is 2.73. The van der Waals surface area contributed by atoms with Crippen LogP contribution in [0.1, 0.15) is 20.8 Å². The molecule has 4 nitrogen and oxygen atoms in total. The molecule has 2 N–H and O–H groups in total. The lowest BCUT2D eigenvalue weighted by Gasteiger charge is -2.21. The van der Waals surface area contributed by atoms with Crippen LogP contribution in [-0.4, -0.2) is 23.9 Å². The zero-order valence-corrected chi connectivity index (χ0v) is 7.01. The van der Waals surface area contributed by atoms with Crippen LogP contribution >= 0.6 is 0 Å². The van der Waals surface area contributed by atoms with Crippen LogP contribution in [0.3, 0.4) is 0 Å². The minimum Gasteiger partial charge on any atom is -0.367 e. The minimum atomic E-state index is -0.955. The lowest BCUT2D eigenvalue weighted by atomic mass is 10.1. The van der Waals surface area contributed by atoms with Gasteiger partial charge in [-0.1, -0.05) is 0 Å². The number of hydrogen-bond donors (Lipinski definition) is 1. The van der Waals surface area contributed by atoms with Gasteiger partial charge in [-0.3, -0.25) is 4.79 Å². The first-order valence-corrected chi connectivity index (χ1v) is 3.50. The van der Waals surface area contributed by atoms with E-state index >= 15 is 0 Å². The van der Waals surface area contributed by atoms with Gasteiger partial charge in [0.05, 0.1) is 6.61 Å². The maximum absolute atomic E-state index is 10.8. The van der Waals surface area contributed by atoms with Crippen molar-refractivity contribution in [3.8, 4) is 0 Å². The third kappa shape index (κ3) is 1.52. The van der Waals surface area contributed by atoms with Crippen molar-refractivity contribution in [1.29, 1.82) is 0 Å². The Morgan fingerprint density at radius 2 is 2.00 bits per heavy atom. The third-order valence-corrected chi connectivity index (χ3v) is 1.69. The normalized spacial score (nSPS) is 35.5. The number of rotatable bonds is 1. The molecule has 1 aliphatic heterocycles. The summed E-state index contributed by atoms with van der Waals surface area (Å²) in [5.41, 5.74) is 4.15. The van der Waals surface area contributed by atoms with E-state index in [-0.39, 0.29) is 6.61 Å². The molecule has 1 rings (SSSR count). The third-order valence-electron chi connectivity index (χ3n) is 1.69. The maximum atomic E-state index is 10.8. The van der Waals surface area contributed by atoms with Gasteiger partial charge < -0.3 is 15.2 Å². The van der Waals surface area contributed by atoms with Crippen molar-refractivity contribution >= 4 is 5.91 Å². The van der Waals surface area contributed by atoms with E-state index in [9.17, 15) is 4.79 Å². The van der Waals surface area contributed by atoms with E-state index in [4.69, 9.17) is 15.2 Å². The van der Waals surface area contributed by atoms with Crippen LogP contribution in [-0.2, 0) is 14.3 Å². The summed E-state index contributed by atoms with van der Waals surface area (Å²) < 4.78 is 10.5. The van der Waals surface area contributed by atoms with E-state index in [0.29, 0.717) is 0 Å². The summed E-state index contributed by atoms with van der Waals surface area (Å²) in [6.07, 6.45) is 0. The van der Waals surface area contributed by atoms with Crippen molar-refractivity contribution in [3.63, 3.8) is 0 Å². The van der Waals surface area contributed by atoms with E-state index in [1.807, 2.05) is 0 Å². The number of ether oxygens (including phenoxy) is 2. The van der Waals surface area contributed by atoms with Gasteiger partial charge in [0.25, 0.3) is 5.91 Å². The largest absolute Gasteiger partial charge is 0.367 e. The topological polar surface area (TPSA) is 61.5 Å². The number of nitrogens with two attached hydrogens (primary N) is 1. The average Bonchev–Trinajstić information content (AvgIpc) is 2.08. The first kappa shape index (κ1) is 8.49. The molecular formula is C7H13NO3. The molecule has 0 saturated carbocycles. The van der Waals surface area contributed by atoms with Gasteiger partial charge in [0.1, 0.15) is 0 Å². The summed E-state index contributed by atoms with van der Waals surface area (Å²) in [5.74, 6) is -1.17. The molecule has 0 aromatic carbocycles. The monoisotopic (exact) mass is 159 g/mol. The summed E-state index contributed by atoms with van der Waals surface area (Å²) in [6.45, 7) is 5.36. The number of carbonyl (C=O) groups is 1. The van der Waals surface area contributed by atoms with Crippen LogP contribution in [0, 0.1) is 0 Å². The van der Waals surface area contributed by atoms with Crippen LogP contribution in [0.15, 0.2) is 0 Å². The van der Waals surface area contributed by atoms with Gasteiger partial charge in [0.15, 0.2) is 11.4 Å². The molecule has 1 heterocycles. The number of hydrogen-bond acceptors (Lipinski definition) is 3. The Morgan fingerprint density at radius 1 is 1.45 bits per heavy atom. The zero-order valence-electron chi connectivity index (χ0n) is 7.01. The highest BCUT2D eigenvalue weighted by molar-refractivity contribution is 5.83. The fourth-order valence-electron chi connectivity index (χ4n) is 1.03. The van der Waals surface area contributed by atoms with E-state index in [2.05, 4.69) is 0 Å². The highest BCUT2D eigenvalue weighted by atomic mass is 16.8. The van der Waals surface area contributed by atoms with Crippen LogP contribution < -0.4 is 5.73 Å². The van der Waals surface area contributed by atoms with E-state index in [1.54, 1.807) is 20.8 Å². The molecule has 0 spiro atoms. The molecule has 1 fully saturated rings. The van der Waals surface area contributed by atoms with Crippen LogP contribution in [0.2, 0.25) is 0 Å². The number of primary amides is 1.